The molecule has 4 heteroatoms. The van der Waals surface area contributed by atoms with Gasteiger partial charge in [-0.05, 0) is 68.3 Å². The molecule has 0 aromatic heterocycles. The molecule has 0 amide bonds. The van der Waals surface area contributed by atoms with Gasteiger partial charge >= 0.3 is 0 Å². The minimum Gasteiger partial charge on any atom is -0.494 e. The Balaban J connectivity index is 1.97. The summed E-state index contributed by atoms with van der Waals surface area (Å²) < 4.78 is 7.28. The highest BCUT2D eigenvalue weighted by Gasteiger charge is 2.24. The van der Waals surface area contributed by atoms with E-state index in [1.54, 1.807) is 7.11 Å². The Morgan fingerprint density at radius 2 is 1.88 bits per heavy atom. The van der Waals surface area contributed by atoms with Crippen LogP contribution in [0.4, 0.5) is 0 Å². The molecule has 2 rings (SSSR count). The number of methoxy groups -OCH3 is 1. The summed E-state index contributed by atoms with van der Waals surface area (Å²) >= 11 is 7.05. The number of hydrogen-bond acceptors (Lipinski definition) is 2. The highest BCUT2D eigenvalue weighted by molar-refractivity contribution is 9.11. The van der Waals surface area contributed by atoms with E-state index in [2.05, 4.69) is 56.2 Å². The van der Waals surface area contributed by atoms with E-state index >= 15 is 0 Å². The molecule has 94 valence electrons. The van der Waals surface area contributed by atoms with Crippen LogP contribution >= 0.6 is 31.9 Å². The minimum atomic E-state index is 0.699. The standard InChI is InChI=1S/C13H17Br2NO/c1-8-3-10(4-8)16-7-9-5-11(14)13(17-2)12(15)6-9/h5-6,8,10,16H,3-4,7H2,1-2H3. The highest BCUT2D eigenvalue weighted by atomic mass is 79.9. The van der Waals surface area contributed by atoms with Gasteiger partial charge in [-0.3, -0.25) is 0 Å². The number of nitrogens with one attached hydrogen (secondary N) is 1. The molecule has 0 radical (unpaired) electrons. The lowest BCUT2D eigenvalue weighted by Gasteiger charge is -2.33. The van der Waals surface area contributed by atoms with Gasteiger partial charge in [0.05, 0.1) is 16.1 Å². The highest BCUT2D eigenvalue weighted by Crippen LogP contribution is 2.34. The van der Waals surface area contributed by atoms with E-state index in [1.807, 2.05) is 0 Å². The normalized spacial score (nSPS) is 23.3. The van der Waals surface area contributed by atoms with Crippen LogP contribution in [-0.2, 0) is 6.54 Å². The van der Waals surface area contributed by atoms with Crippen molar-refractivity contribution in [3.63, 3.8) is 0 Å². The van der Waals surface area contributed by atoms with Gasteiger partial charge in [-0.15, -0.1) is 0 Å². The molecule has 0 spiro atoms. The fraction of sp³-hybridized carbons (Fsp3) is 0.538. The monoisotopic (exact) mass is 361 g/mol. The largest absolute Gasteiger partial charge is 0.494 e. The van der Waals surface area contributed by atoms with Crippen molar-refractivity contribution in [2.24, 2.45) is 5.92 Å². The average Bonchev–Trinajstić information content (AvgIpc) is 2.22. The molecule has 1 saturated carbocycles. The average molecular weight is 363 g/mol. The van der Waals surface area contributed by atoms with Crippen LogP contribution in [0.25, 0.3) is 0 Å². The Morgan fingerprint density at radius 1 is 1.29 bits per heavy atom. The lowest BCUT2D eigenvalue weighted by Crippen LogP contribution is -2.39. The molecular weight excluding hydrogens is 346 g/mol. The summed E-state index contributed by atoms with van der Waals surface area (Å²) in [6.45, 7) is 3.22. The van der Waals surface area contributed by atoms with Crippen molar-refractivity contribution in [1.29, 1.82) is 0 Å². The molecule has 1 aromatic carbocycles. The molecule has 0 unspecified atom stereocenters. The fourth-order valence-electron chi connectivity index (χ4n) is 2.24. The molecule has 0 aliphatic heterocycles. The molecule has 0 heterocycles. The van der Waals surface area contributed by atoms with E-state index in [0.717, 1.165) is 27.2 Å². The zero-order valence-corrected chi connectivity index (χ0v) is 13.3. The molecule has 0 atom stereocenters. The number of hydrogen-bond donors (Lipinski definition) is 1. The maximum Gasteiger partial charge on any atom is 0.147 e. The van der Waals surface area contributed by atoms with Crippen molar-refractivity contribution in [3.05, 3.63) is 26.6 Å². The SMILES string of the molecule is COc1c(Br)cc(CNC2CC(C)C2)cc1Br. The van der Waals surface area contributed by atoms with Gasteiger partial charge < -0.3 is 10.1 Å². The first-order chi connectivity index (χ1) is 8.10. The van der Waals surface area contributed by atoms with Crippen LogP contribution in [0, 0.1) is 5.92 Å². The summed E-state index contributed by atoms with van der Waals surface area (Å²) in [6.07, 6.45) is 2.61. The topological polar surface area (TPSA) is 21.3 Å². The predicted molar refractivity (Wildman–Crippen MR) is 77.4 cm³/mol. The van der Waals surface area contributed by atoms with Crippen LogP contribution in [0.3, 0.4) is 0 Å². The number of rotatable bonds is 4. The van der Waals surface area contributed by atoms with Crippen LogP contribution in [0.5, 0.6) is 5.75 Å². The van der Waals surface area contributed by atoms with E-state index in [4.69, 9.17) is 4.74 Å². The van der Waals surface area contributed by atoms with Crippen molar-refractivity contribution in [2.75, 3.05) is 7.11 Å². The van der Waals surface area contributed by atoms with Gasteiger partial charge in [0.2, 0.25) is 0 Å². The lowest BCUT2D eigenvalue weighted by atomic mass is 9.82. The summed E-state index contributed by atoms with van der Waals surface area (Å²) in [7, 11) is 1.68. The predicted octanol–water partition coefficient (Wildman–Crippen LogP) is 4.11. The summed E-state index contributed by atoms with van der Waals surface area (Å²) in [5.41, 5.74) is 1.27. The Kier molecular flexibility index (Phi) is 4.50. The summed E-state index contributed by atoms with van der Waals surface area (Å²) in [5.74, 6) is 1.74. The number of ether oxygens (including phenoxy) is 1. The van der Waals surface area contributed by atoms with Gasteiger partial charge in [-0.25, -0.2) is 0 Å². The van der Waals surface area contributed by atoms with Crippen LogP contribution < -0.4 is 10.1 Å². The maximum atomic E-state index is 5.29. The Morgan fingerprint density at radius 3 is 2.35 bits per heavy atom. The molecule has 1 N–H and O–H groups in total. The summed E-state index contributed by atoms with van der Waals surface area (Å²) in [5, 5.41) is 3.58. The van der Waals surface area contributed by atoms with Crippen LogP contribution in [0.1, 0.15) is 25.3 Å². The molecule has 0 saturated heterocycles. The Hall–Kier alpha value is -0.0600. The molecule has 1 fully saturated rings. The fourth-order valence-corrected chi connectivity index (χ4v) is 3.85. The smallest absolute Gasteiger partial charge is 0.147 e. The van der Waals surface area contributed by atoms with E-state index < -0.39 is 0 Å². The molecule has 2 nitrogen and oxygen atoms in total. The van der Waals surface area contributed by atoms with Gasteiger partial charge in [0.15, 0.2) is 0 Å². The zero-order valence-electron chi connectivity index (χ0n) is 10.1. The second-order valence-electron chi connectivity index (χ2n) is 4.75. The van der Waals surface area contributed by atoms with Gasteiger partial charge in [-0.1, -0.05) is 6.92 Å². The van der Waals surface area contributed by atoms with Crippen LogP contribution in [-0.4, -0.2) is 13.2 Å². The zero-order chi connectivity index (χ0) is 12.4. The number of halogens is 2. The molecule has 17 heavy (non-hydrogen) atoms. The summed E-state index contributed by atoms with van der Waals surface area (Å²) in [4.78, 5) is 0. The van der Waals surface area contributed by atoms with Crippen molar-refractivity contribution in [1.82, 2.24) is 5.32 Å². The van der Waals surface area contributed by atoms with Gasteiger partial charge in [-0.2, -0.15) is 0 Å². The van der Waals surface area contributed by atoms with Crippen molar-refractivity contribution >= 4 is 31.9 Å². The molecule has 1 aliphatic rings. The molecule has 1 aliphatic carbocycles. The Bertz CT molecular complexity index is 379. The first kappa shape index (κ1) is 13.4. The van der Waals surface area contributed by atoms with Gasteiger partial charge in [0.25, 0.3) is 0 Å². The molecular formula is C13H17Br2NO. The first-order valence-corrected chi connectivity index (χ1v) is 7.44. The third-order valence-electron chi connectivity index (χ3n) is 3.23. The molecule has 0 bridgehead atoms. The van der Waals surface area contributed by atoms with Crippen molar-refractivity contribution in [3.8, 4) is 5.75 Å². The summed E-state index contributed by atoms with van der Waals surface area (Å²) in [6, 6.07) is 4.92. The van der Waals surface area contributed by atoms with Gasteiger partial charge in [0.1, 0.15) is 5.75 Å². The first-order valence-electron chi connectivity index (χ1n) is 5.85. The van der Waals surface area contributed by atoms with E-state index in [-0.39, 0.29) is 0 Å². The van der Waals surface area contributed by atoms with Crippen LogP contribution in [0.15, 0.2) is 21.1 Å². The number of benzene rings is 1. The quantitative estimate of drug-likeness (QED) is 0.870. The lowest BCUT2D eigenvalue weighted by molar-refractivity contribution is 0.240. The van der Waals surface area contributed by atoms with Crippen LogP contribution in [0.2, 0.25) is 0 Å². The van der Waals surface area contributed by atoms with Crippen molar-refractivity contribution < 1.29 is 4.74 Å². The minimum absolute atomic E-state index is 0.699. The van der Waals surface area contributed by atoms with Gasteiger partial charge in [0, 0.05) is 12.6 Å². The third kappa shape index (κ3) is 3.24. The van der Waals surface area contributed by atoms with Crippen molar-refractivity contribution in [2.45, 2.75) is 32.4 Å². The van der Waals surface area contributed by atoms with E-state index in [9.17, 15) is 0 Å². The van der Waals surface area contributed by atoms with E-state index in [1.165, 1.54) is 18.4 Å². The second-order valence-corrected chi connectivity index (χ2v) is 6.46. The Labute approximate surface area is 119 Å². The maximum absolute atomic E-state index is 5.29. The molecule has 1 aromatic rings. The second kappa shape index (κ2) is 5.72. The third-order valence-corrected chi connectivity index (χ3v) is 4.41. The van der Waals surface area contributed by atoms with E-state index in [0.29, 0.717) is 6.04 Å².